The Labute approximate surface area is 166 Å². The van der Waals surface area contributed by atoms with Gasteiger partial charge < -0.3 is 14.7 Å². The molecule has 29 heavy (non-hydrogen) atoms. The molecule has 0 radical (unpaired) electrons. The molecule has 5 nitrogen and oxygen atoms in total. The topological polar surface area (TPSA) is 50.6 Å². The van der Waals surface area contributed by atoms with Crippen LogP contribution in [0.25, 0.3) is 0 Å². The lowest BCUT2D eigenvalue weighted by Crippen LogP contribution is -2.27. The number of nitrogens with zero attached hydrogens (tertiary/aromatic N) is 4. The second kappa shape index (κ2) is 8.27. The highest BCUT2D eigenvalue weighted by Crippen LogP contribution is 2.43. The molecule has 150 valence electrons. The molecule has 0 fully saturated rings. The summed E-state index contributed by atoms with van der Waals surface area (Å²) < 4.78 is 39.6. The Kier molecular flexibility index (Phi) is 5.78. The van der Waals surface area contributed by atoms with Crippen LogP contribution in [0.1, 0.15) is 12.0 Å². The molecule has 0 bridgehead atoms. The van der Waals surface area contributed by atoms with Crippen molar-refractivity contribution >= 4 is 23.0 Å². The highest BCUT2D eigenvalue weighted by molar-refractivity contribution is 5.89. The van der Waals surface area contributed by atoms with Crippen LogP contribution in [-0.2, 0) is 11.0 Å². The van der Waals surface area contributed by atoms with Gasteiger partial charge in [-0.05, 0) is 30.3 Å². The summed E-state index contributed by atoms with van der Waals surface area (Å²) in [6, 6.07) is 14.9. The normalized spacial score (nSPS) is 13.5. The number of carbonyl (C=O) groups is 1. The summed E-state index contributed by atoms with van der Waals surface area (Å²) >= 11 is 0. The molecular weight excluding hydrogens is 381 g/mol. The van der Waals surface area contributed by atoms with E-state index >= 15 is 0 Å². The first-order chi connectivity index (χ1) is 13.8. The summed E-state index contributed by atoms with van der Waals surface area (Å²) in [7, 11) is 1.57. The molecule has 1 aliphatic heterocycles. The van der Waals surface area contributed by atoms with Gasteiger partial charge in [-0.1, -0.05) is 18.2 Å². The van der Waals surface area contributed by atoms with Crippen molar-refractivity contribution in [1.82, 2.24) is 4.90 Å². The molecule has 2 aromatic rings. The maximum absolute atomic E-state index is 13.2. The molecular formula is C21H19F3N4O. The minimum absolute atomic E-state index is 0.208. The molecule has 0 saturated carbocycles. The van der Waals surface area contributed by atoms with E-state index in [9.17, 15) is 18.0 Å². The van der Waals surface area contributed by atoms with Gasteiger partial charge in [0.25, 0.3) is 0 Å². The Balaban J connectivity index is 1.92. The molecule has 3 rings (SSSR count). The van der Waals surface area contributed by atoms with E-state index in [1.807, 2.05) is 41.3 Å². The van der Waals surface area contributed by atoms with Gasteiger partial charge in [0, 0.05) is 31.6 Å². The number of hydrogen-bond donors (Lipinski definition) is 0. The summed E-state index contributed by atoms with van der Waals surface area (Å²) in [6.07, 6.45) is -1.47. The third-order valence-corrected chi connectivity index (χ3v) is 4.60. The predicted molar refractivity (Wildman–Crippen MR) is 104 cm³/mol. The maximum atomic E-state index is 13.2. The zero-order valence-corrected chi connectivity index (χ0v) is 15.7. The van der Waals surface area contributed by atoms with Crippen LogP contribution in [0.3, 0.4) is 0 Å². The number of halogens is 3. The first kappa shape index (κ1) is 20.3. The Morgan fingerprint density at radius 2 is 1.93 bits per heavy atom. The summed E-state index contributed by atoms with van der Waals surface area (Å²) in [5.74, 6) is -0.327. The molecule has 2 aromatic carbocycles. The minimum Gasteiger partial charge on any atom is -0.341 e. The smallest absolute Gasteiger partial charge is 0.341 e. The molecule has 0 saturated heterocycles. The summed E-state index contributed by atoms with van der Waals surface area (Å²) in [4.78, 5) is 17.1. The van der Waals surface area contributed by atoms with Gasteiger partial charge in [-0.15, -0.1) is 0 Å². The van der Waals surface area contributed by atoms with Crippen molar-refractivity contribution in [1.29, 1.82) is 5.26 Å². The van der Waals surface area contributed by atoms with Crippen LogP contribution in [-0.4, -0.2) is 31.1 Å². The SMILES string of the molecule is CN(CCC#N)C(=O)C=CN1CN(c2ccccc2)c2ccc(C(F)(F)F)cc21. The standard InChI is InChI=1S/C21H19F3N4O/c1-26(12-5-11-25)20(29)10-13-27-15-28(17-6-3-2-4-7-17)18-9-8-16(14-19(18)27)21(22,23)24/h2-4,6-10,13-14H,5,12,15H2,1H3. The first-order valence-electron chi connectivity index (χ1n) is 8.92. The van der Waals surface area contributed by atoms with Crippen molar-refractivity contribution in [2.45, 2.75) is 12.6 Å². The molecule has 0 spiro atoms. The number of rotatable bonds is 5. The quantitative estimate of drug-likeness (QED) is 0.693. The number of anilines is 3. The molecule has 0 atom stereocenters. The Morgan fingerprint density at radius 1 is 1.21 bits per heavy atom. The molecule has 1 heterocycles. The van der Waals surface area contributed by atoms with Crippen molar-refractivity contribution in [2.24, 2.45) is 0 Å². The van der Waals surface area contributed by atoms with Gasteiger partial charge in [-0.2, -0.15) is 18.4 Å². The van der Waals surface area contributed by atoms with E-state index in [4.69, 9.17) is 5.26 Å². The molecule has 1 amide bonds. The van der Waals surface area contributed by atoms with Crippen LogP contribution >= 0.6 is 0 Å². The number of para-hydroxylation sites is 1. The highest BCUT2D eigenvalue weighted by Gasteiger charge is 2.34. The van der Waals surface area contributed by atoms with Crippen LogP contribution in [0.4, 0.5) is 30.2 Å². The summed E-state index contributed by atoms with van der Waals surface area (Å²) in [6.45, 7) is 0.553. The van der Waals surface area contributed by atoms with Gasteiger partial charge in [0.15, 0.2) is 0 Å². The van der Waals surface area contributed by atoms with E-state index in [2.05, 4.69) is 0 Å². The number of likely N-dealkylation sites (N-methyl/N-ethyl adjacent to an activating group) is 1. The second-order valence-corrected chi connectivity index (χ2v) is 6.56. The van der Waals surface area contributed by atoms with Gasteiger partial charge in [0.05, 0.1) is 36.1 Å². The van der Waals surface area contributed by atoms with Gasteiger partial charge >= 0.3 is 6.18 Å². The third kappa shape index (κ3) is 4.51. The number of alkyl halides is 3. The third-order valence-electron chi connectivity index (χ3n) is 4.60. The zero-order valence-electron chi connectivity index (χ0n) is 15.7. The number of carbonyl (C=O) groups excluding carboxylic acids is 1. The van der Waals surface area contributed by atoms with Crippen molar-refractivity contribution in [2.75, 3.05) is 30.1 Å². The van der Waals surface area contributed by atoms with Crippen molar-refractivity contribution < 1.29 is 18.0 Å². The monoisotopic (exact) mass is 400 g/mol. The second-order valence-electron chi connectivity index (χ2n) is 6.56. The summed E-state index contributed by atoms with van der Waals surface area (Å²) in [5, 5.41) is 8.63. The fourth-order valence-electron chi connectivity index (χ4n) is 3.03. The molecule has 8 heteroatoms. The fourth-order valence-corrected chi connectivity index (χ4v) is 3.03. The lowest BCUT2D eigenvalue weighted by molar-refractivity contribution is -0.137. The van der Waals surface area contributed by atoms with Gasteiger partial charge in [0.2, 0.25) is 5.91 Å². The summed E-state index contributed by atoms with van der Waals surface area (Å²) in [5.41, 5.74) is 1.08. The van der Waals surface area contributed by atoms with E-state index in [0.29, 0.717) is 11.4 Å². The first-order valence-corrected chi connectivity index (χ1v) is 8.92. The number of hydrogen-bond acceptors (Lipinski definition) is 4. The largest absolute Gasteiger partial charge is 0.416 e. The van der Waals surface area contributed by atoms with E-state index in [-0.39, 0.29) is 25.5 Å². The van der Waals surface area contributed by atoms with Crippen LogP contribution in [0.15, 0.2) is 60.8 Å². The molecule has 0 aliphatic carbocycles. The van der Waals surface area contributed by atoms with Gasteiger partial charge in [-0.3, -0.25) is 4.79 Å². The average Bonchev–Trinajstić information content (AvgIpc) is 3.08. The highest BCUT2D eigenvalue weighted by atomic mass is 19.4. The average molecular weight is 400 g/mol. The van der Waals surface area contributed by atoms with Gasteiger partial charge in [0.1, 0.15) is 0 Å². The lowest BCUT2D eigenvalue weighted by Gasteiger charge is -2.20. The van der Waals surface area contributed by atoms with Gasteiger partial charge in [-0.25, -0.2) is 0 Å². The molecule has 0 aromatic heterocycles. The Morgan fingerprint density at radius 3 is 2.59 bits per heavy atom. The van der Waals surface area contributed by atoms with E-state index in [1.54, 1.807) is 11.9 Å². The zero-order chi connectivity index (χ0) is 21.0. The minimum atomic E-state index is -4.46. The van der Waals surface area contributed by atoms with Crippen molar-refractivity contribution in [3.8, 4) is 6.07 Å². The van der Waals surface area contributed by atoms with E-state index in [1.165, 1.54) is 23.2 Å². The lowest BCUT2D eigenvalue weighted by atomic mass is 10.1. The van der Waals surface area contributed by atoms with Crippen molar-refractivity contribution in [3.63, 3.8) is 0 Å². The number of nitriles is 1. The van der Waals surface area contributed by atoms with Crippen LogP contribution < -0.4 is 9.80 Å². The van der Waals surface area contributed by atoms with E-state index in [0.717, 1.165) is 17.8 Å². The van der Waals surface area contributed by atoms with E-state index < -0.39 is 11.7 Å². The van der Waals surface area contributed by atoms with Crippen LogP contribution in [0.2, 0.25) is 0 Å². The van der Waals surface area contributed by atoms with Crippen LogP contribution in [0.5, 0.6) is 0 Å². The molecule has 0 N–H and O–H groups in total. The fraction of sp³-hybridized carbons (Fsp3) is 0.238. The Hall–Kier alpha value is -3.47. The molecule has 0 unspecified atom stereocenters. The predicted octanol–water partition coefficient (Wildman–Crippen LogP) is 4.51. The van der Waals surface area contributed by atoms with Crippen LogP contribution in [0, 0.1) is 11.3 Å². The Bertz CT molecular complexity index is 951. The number of benzene rings is 2. The number of amides is 1. The van der Waals surface area contributed by atoms with Crippen molar-refractivity contribution in [3.05, 3.63) is 66.4 Å². The number of fused-ring (bicyclic) bond motifs is 1. The maximum Gasteiger partial charge on any atom is 0.416 e. The molecule has 1 aliphatic rings.